The van der Waals surface area contributed by atoms with Crippen LogP contribution in [0.25, 0.3) is 0 Å². The summed E-state index contributed by atoms with van der Waals surface area (Å²) in [5.41, 5.74) is 8.15. The van der Waals surface area contributed by atoms with Crippen molar-refractivity contribution < 1.29 is 55.6 Å². The highest BCUT2D eigenvalue weighted by molar-refractivity contribution is 7.57. The maximum Gasteiger partial charge on any atom is 0.325 e. The van der Waals surface area contributed by atoms with Gasteiger partial charge in [-0.05, 0) is 5.56 Å². The van der Waals surface area contributed by atoms with Crippen LogP contribution in [0.3, 0.4) is 0 Å². The predicted molar refractivity (Wildman–Crippen MR) is 70.2 cm³/mol. The quantitative estimate of drug-likeness (QED) is 0.361. The first kappa shape index (κ1) is 22.7. The van der Waals surface area contributed by atoms with Crippen LogP contribution in [-0.2, 0) is 15.8 Å². The average molecular weight is 359 g/mol. The van der Waals surface area contributed by atoms with E-state index < -0.39 is 24.9 Å². The summed E-state index contributed by atoms with van der Waals surface area (Å²) < 4.78 is 12.4. The van der Waals surface area contributed by atoms with Gasteiger partial charge in [-0.15, -0.1) is 0 Å². The zero-order chi connectivity index (χ0) is 14.5. The van der Waals surface area contributed by atoms with Crippen molar-refractivity contribution >= 4 is 13.3 Å². The molecule has 122 valence electrons. The smallest absolute Gasteiger partial charge is 0.325 e. The van der Waals surface area contributed by atoms with Crippen LogP contribution in [0, 0.1) is 0 Å². The van der Waals surface area contributed by atoms with E-state index >= 15 is 0 Å². The fourth-order valence-electron chi connectivity index (χ4n) is 1.73. The highest BCUT2D eigenvalue weighted by Gasteiger charge is 2.41. The normalized spacial score (nSPS) is 15.8. The standard InChI is InChI=1S/C12H19N2O4P.2ClH/c13-10(6-7-11(15)16)19(14,18)12(17)8-9-4-2-1-3-5-9;;/h1-5,10,12,17H,6-8,13H2,(H2,14,18)(H,15,16);2*1H/t10-,12-,19?;;/m0../s1. The summed E-state index contributed by atoms with van der Waals surface area (Å²) in [5, 5.41) is 18.7. The van der Waals surface area contributed by atoms with Gasteiger partial charge in [-0.25, -0.2) is 4.57 Å². The van der Waals surface area contributed by atoms with Crippen molar-refractivity contribution in [2.75, 3.05) is 0 Å². The molecule has 0 aliphatic carbocycles. The molecule has 8 N–H and O–H groups in total. The summed E-state index contributed by atoms with van der Waals surface area (Å²) >= 11 is 0. The number of aliphatic hydroxyl groups excluding tert-OH is 1. The number of hydrogen-bond donors (Lipinski definition) is 4. The maximum absolute atomic E-state index is 12.4. The van der Waals surface area contributed by atoms with Crippen molar-refractivity contribution in [3.63, 3.8) is 0 Å². The molecule has 9 heteroatoms. The molecule has 0 aliphatic heterocycles. The van der Waals surface area contributed by atoms with E-state index in [9.17, 15) is 14.5 Å². The molecule has 0 saturated heterocycles. The van der Waals surface area contributed by atoms with Gasteiger partial charge >= 0.3 is 13.3 Å². The van der Waals surface area contributed by atoms with Gasteiger partial charge < -0.3 is 46.3 Å². The molecule has 3 atom stereocenters. The Morgan fingerprint density at radius 3 is 2.24 bits per heavy atom. The lowest BCUT2D eigenvalue weighted by Gasteiger charge is -2.19. The van der Waals surface area contributed by atoms with E-state index in [4.69, 9.17) is 5.11 Å². The van der Waals surface area contributed by atoms with Crippen LogP contribution in [0.5, 0.6) is 0 Å². The molecule has 0 amide bonds. The Labute approximate surface area is 136 Å². The van der Waals surface area contributed by atoms with Gasteiger partial charge in [-0.1, -0.05) is 30.3 Å². The van der Waals surface area contributed by atoms with Crippen molar-refractivity contribution in [3.05, 3.63) is 35.9 Å². The first-order chi connectivity index (χ1) is 8.84. The topological polar surface area (TPSA) is 130 Å². The van der Waals surface area contributed by atoms with Crippen LogP contribution in [0.1, 0.15) is 18.4 Å². The van der Waals surface area contributed by atoms with E-state index in [2.05, 4.69) is 11.2 Å². The van der Waals surface area contributed by atoms with Crippen LogP contribution in [-0.4, -0.2) is 27.8 Å². The van der Waals surface area contributed by atoms with E-state index in [1.54, 1.807) is 0 Å². The van der Waals surface area contributed by atoms with E-state index in [1.165, 1.54) is 0 Å². The van der Waals surface area contributed by atoms with Crippen LogP contribution in [0.2, 0.25) is 0 Å². The first-order valence-corrected chi connectivity index (χ1v) is 8.07. The minimum atomic E-state index is -3.17. The lowest BCUT2D eigenvalue weighted by atomic mass is 10.2. The molecule has 0 heterocycles. The van der Waals surface area contributed by atoms with Crippen molar-refractivity contribution in [1.82, 2.24) is 0 Å². The third kappa shape index (κ3) is 7.27. The Bertz CT molecular complexity index is 476. The van der Waals surface area contributed by atoms with E-state index in [1.807, 2.05) is 30.3 Å². The number of aliphatic carboxylic acids is 1. The molecule has 21 heavy (non-hydrogen) atoms. The predicted octanol–water partition coefficient (Wildman–Crippen LogP) is -6.49. The van der Waals surface area contributed by atoms with Crippen molar-refractivity contribution in [2.45, 2.75) is 30.9 Å². The van der Waals surface area contributed by atoms with Gasteiger partial charge in [-0.3, -0.25) is 4.79 Å². The summed E-state index contributed by atoms with van der Waals surface area (Å²) in [4.78, 5) is 10.5. The van der Waals surface area contributed by atoms with Crippen molar-refractivity contribution in [3.8, 4) is 0 Å². The lowest BCUT2D eigenvalue weighted by molar-refractivity contribution is -0.403. The Morgan fingerprint density at radius 2 is 1.76 bits per heavy atom. The molecule has 1 aromatic rings. The average Bonchev–Trinajstić information content (AvgIpc) is 2.36. The molecule has 0 bridgehead atoms. The molecule has 1 rings (SSSR count). The zero-order valence-electron chi connectivity index (χ0n) is 11.5. The van der Waals surface area contributed by atoms with Gasteiger partial charge in [0.2, 0.25) is 0 Å². The number of carboxylic acids is 1. The second-order valence-electron chi connectivity index (χ2n) is 4.61. The van der Waals surface area contributed by atoms with Gasteiger partial charge in [0.25, 0.3) is 0 Å². The van der Waals surface area contributed by atoms with Crippen molar-refractivity contribution in [2.24, 2.45) is 0 Å². The number of halogens is 2. The number of carboxylic acid groups (broad SMARTS) is 1. The summed E-state index contributed by atoms with van der Waals surface area (Å²) in [7, 11) is -3.17. The largest absolute Gasteiger partial charge is 1.00 e. The third-order valence-corrected chi connectivity index (χ3v) is 5.76. The summed E-state index contributed by atoms with van der Waals surface area (Å²) in [6, 6.07) is 9.19. The third-order valence-electron chi connectivity index (χ3n) is 3.08. The number of carbonyl (C=O) groups is 1. The van der Waals surface area contributed by atoms with Crippen LogP contribution < -0.4 is 36.1 Å². The Kier molecular flexibility index (Phi) is 11.0. The summed E-state index contributed by atoms with van der Waals surface area (Å²) in [6.45, 7) is 0. The Morgan fingerprint density at radius 1 is 1.24 bits per heavy atom. The van der Waals surface area contributed by atoms with Gasteiger partial charge in [0, 0.05) is 12.8 Å². The Hall–Kier alpha value is -0.620. The van der Waals surface area contributed by atoms with Crippen LogP contribution >= 0.6 is 7.29 Å². The van der Waals surface area contributed by atoms with Gasteiger partial charge in [0.1, 0.15) is 0 Å². The summed E-state index contributed by atoms with van der Waals surface area (Å²) in [6.07, 6.45) is 0.272. The number of quaternary nitrogens is 2. The monoisotopic (exact) mass is 358 g/mol. The fraction of sp³-hybridized carbons (Fsp3) is 0.417. The molecule has 0 aromatic heterocycles. The van der Waals surface area contributed by atoms with Crippen LogP contribution in [0.15, 0.2) is 30.3 Å². The summed E-state index contributed by atoms with van der Waals surface area (Å²) in [5.74, 6) is -2.71. The van der Waals surface area contributed by atoms with E-state index in [0.717, 1.165) is 5.56 Å². The second-order valence-corrected chi connectivity index (χ2v) is 7.65. The maximum atomic E-state index is 12.4. The molecular weight excluding hydrogens is 338 g/mol. The molecular formula is C12H21Cl2N2O4P. The molecule has 0 fully saturated rings. The molecule has 0 saturated carbocycles. The molecule has 0 radical (unpaired) electrons. The molecule has 6 nitrogen and oxygen atoms in total. The van der Waals surface area contributed by atoms with Crippen molar-refractivity contribution in [1.29, 1.82) is 0 Å². The minimum Gasteiger partial charge on any atom is -1.00 e. The zero-order valence-corrected chi connectivity index (χ0v) is 13.9. The van der Waals surface area contributed by atoms with Gasteiger partial charge in [0.15, 0.2) is 11.6 Å². The second kappa shape index (κ2) is 10.2. The Balaban J connectivity index is 0. The number of rotatable bonds is 7. The highest BCUT2D eigenvalue weighted by atomic mass is 35.5. The van der Waals surface area contributed by atoms with Crippen LogP contribution in [0.4, 0.5) is 0 Å². The van der Waals surface area contributed by atoms with E-state index in [0.29, 0.717) is 0 Å². The minimum absolute atomic E-state index is 0. The first-order valence-electron chi connectivity index (χ1n) is 6.04. The molecule has 0 spiro atoms. The fourth-order valence-corrected chi connectivity index (χ4v) is 3.30. The van der Waals surface area contributed by atoms with E-state index in [-0.39, 0.29) is 44.1 Å². The molecule has 1 aromatic carbocycles. The highest BCUT2D eigenvalue weighted by Crippen LogP contribution is 2.43. The number of hydrogen-bond acceptors (Lipinski definition) is 3. The number of aliphatic hydroxyl groups is 1. The number of benzene rings is 1. The molecule has 0 aliphatic rings. The molecule has 1 unspecified atom stereocenters. The van der Waals surface area contributed by atoms with Gasteiger partial charge in [-0.2, -0.15) is 0 Å². The SMILES string of the molecule is [Cl-].[Cl-].[NH3+][C@H](CCC(=O)O)P([NH3+])(=O)[C@H](O)Cc1ccccc1. The lowest BCUT2D eigenvalue weighted by Crippen LogP contribution is -3.00. The van der Waals surface area contributed by atoms with Gasteiger partial charge in [0.05, 0.1) is 6.42 Å².